The van der Waals surface area contributed by atoms with E-state index in [1.54, 1.807) is 23.5 Å². The average molecular weight is 337 g/mol. The number of halogens is 1. The highest BCUT2D eigenvalue weighted by Gasteiger charge is 2.15. The Bertz CT molecular complexity index is 763. The molecular weight excluding hydrogens is 328 g/mol. The van der Waals surface area contributed by atoms with Crippen LogP contribution in [0.4, 0.5) is 5.69 Å². The lowest BCUT2D eigenvalue weighted by Gasteiger charge is -2.03. The molecule has 6 heteroatoms. The first-order valence-corrected chi connectivity index (χ1v) is 7.22. The predicted octanol–water partition coefficient (Wildman–Crippen LogP) is 4.42. The molecule has 0 unspecified atom stereocenters. The Morgan fingerprint density at radius 2 is 2.11 bits per heavy atom. The topological polar surface area (TPSA) is 48.1 Å². The number of non-ortho nitro benzene ring substituents is 1. The molecule has 19 heavy (non-hydrogen) atoms. The van der Waals surface area contributed by atoms with Gasteiger partial charge in [-0.2, -0.15) is 0 Å². The van der Waals surface area contributed by atoms with Crippen molar-refractivity contribution in [3.63, 3.8) is 0 Å². The van der Waals surface area contributed by atoms with Crippen LogP contribution in [0.25, 0.3) is 10.9 Å². The van der Waals surface area contributed by atoms with E-state index in [4.69, 9.17) is 0 Å². The van der Waals surface area contributed by atoms with E-state index in [2.05, 4.69) is 15.9 Å². The van der Waals surface area contributed by atoms with Crippen LogP contribution in [0.3, 0.4) is 0 Å². The maximum Gasteiger partial charge on any atom is 0.293 e. The second-order valence-corrected chi connectivity index (χ2v) is 6.67. The van der Waals surface area contributed by atoms with Gasteiger partial charge in [0.15, 0.2) is 0 Å². The standard InChI is InChI=1S/C13H9BrN2O2S/c14-12-5-4-10(19-12)8-15-7-6-9-2-1-3-11(13(9)15)16(17)18/h1-7H,8H2. The minimum Gasteiger partial charge on any atom is -0.337 e. The Balaban J connectivity index is 2.11. The van der Waals surface area contributed by atoms with Crippen molar-refractivity contribution < 1.29 is 4.92 Å². The summed E-state index contributed by atoms with van der Waals surface area (Å²) >= 11 is 5.06. The number of fused-ring (bicyclic) bond motifs is 1. The molecule has 0 spiro atoms. The number of para-hydroxylation sites is 1. The summed E-state index contributed by atoms with van der Waals surface area (Å²) in [6.07, 6.45) is 1.89. The number of aromatic nitrogens is 1. The monoisotopic (exact) mass is 336 g/mol. The molecule has 0 saturated heterocycles. The van der Waals surface area contributed by atoms with Crippen LogP contribution in [-0.4, -0.2) is 9.49 Å². The van der Waals surface area contributed by atoms with E-state index >= 15 is 0 Å². The van der Waals surface area contributed by atoms with Crippen molar-refractivity contribution in [2.45, 2.75) is 6.54 Å². The van der Waals surface area contributed by atoms with Gasteiger partial charge in [-0.15, -0.1) is 11.3 Å². The van der Waals surface area contributed by atoms with Crippen molar-refractivity contribution in [2.24, 2.45) is 0 Å². The van der Waals surface area contributed by atoms with Gasteiger partial charge in [0.05, 0.1) is 15.3 Å². The minimum absolute atomic E-state index is 0.151. The molecule has 0 atom stereocenters. The number of hydrogen-bond donors (Lipinski definition) is 0. The van der Waals surface area contributed by atoms with Gasteiger partial charge in [0, 0.05) is 22.5 Å². The van der Waals surface area contributed by atoms with E-state index in [1.807, 2.05) is 35.0 Å². The summed E-state index contributed by atoms with van der Waals surface area (Å²) in [4.78, 5) is 11.9. The highest BCUT2D eigenvalue weighted by molar-refractivity contribution is 9.11. The Morgan fingerprint density at radius 3 is 2.79 bits per heavy atom. The van der Waals surface area contributed by atoms with Crippen LogP contribution in [0.5, 0.6) is 0 Å². The largest absolute Gasteiger partial charge is 0.337 e. The zero-order valence-corrected chi connectivity index (χ0v) is 12.1. The molecule has 0 aliphatic carbocycles. The van der Waals surface area contributed by atoms with Gasteiger partial charge < -0.3 is 4.57 Å². The van der Waals surface area contributed by atoms with Crippen LogP contribution in [0, 0.1) is 10.1 Å². The van der Waals surface area contributed by atoms with Gasteiger partial charge in [-0.25, -0.2) is 0 Å². The molecule has 2 heterocycles. The summed E-state index contributed by atoms with van der Waals surface area (Å²) in [6, 6.07) is 11.1. The predicted molar refractivity (Wildman–Crippen MR) is 79.7 cm³/mol. The fourth-order valence-electron chi connectivity index (χ4n) is 2.12. The fraction of sp³-hybridized carbons (Fsp3) is 0.0769. The van der Waals surface area contributed by atoms with Crippen LogP contribution >= 0.6 is 27.3 Å². The third kappa shape index (κ3) is 2.29. The average Bonchev–Trinajstić information content (AvgIpc) is 2.97. The van der Waals surface area contributed by atoms with Gasteiger partial charge in [0.1, 0.15) is 5.52 Å². The number of nitro groups is 1. The van der Waals surface area contributed by atoms with Crippen molar-refractivity contribution in [1.82, 2.24) is 4.57 Å². The zero-order valence-electron chi connectivity index (χ0n) is 9.75. The lowest BCUT2D eigenvalue weighted by molar-refractivity contribution is -0.383. The second kappa shape index (κ2) is 4.79. The van der Waals surface area contributed by atoms with Gasteiger partial charge >= 0.3 is 0 Å². The normalized spacial score (nSPS) is 11.0. The summed E-state index contributed by atoms with van der Waals surface area (Å²) < 4.78 is 2.99. The van der Waals surface area contributed by atoms with Crippen molar-refractivity contribution in [3.8, 4) is 0 Å². The second-order valence-electron chi connectivity index (χ2n) is 4.12. The number of benzene rings is 1. The Morgan fingerprint density at radius 1 is 1.26 bits per heavy atom. The molecule has 3 aromatic rings. The van der Waals surface area contributed by atoms with E-state index in [-0.39, 0.29) is 10.6 Å². The fourth-order valence-corrected chi connectivity index (χ4v) is 3.61. The van der Waals surface area contributed by atoms with Crippen molar-refractivity contribution in [2.75, 3.05) is 0 Å². The molecule has 0 N–H and O–H groups in total. The molecule has 0 bridgehead atoms. The Kier molecular flexibility index (Phi) is 3.12. The number of rotatable bonds is 3. The zero-order chi connectivity index (χ0) is 13.4. The molecule has 0 fully saturated rings. The van der Waals surface area contributed by atoms with Gasteiger partial charge in [0.2, 0.25) is 0 Å². The van der Waals surface area contributed by atoms with Crippen LogP contribution in [0.1, 0.15) is 4.88 Å². The Labute approximate surface area is 121 Å². The molecule has 2 aromatic heterocycles. The first-order valence-electron chi connectivity index (χ1n) is 5.61. The molecule has 0 radical (unpaired) electrons. The van der Waals surface area contributed by atoms with Crippen LogP contribution in [0.15, 0.2) is 46.4 Å². The molecule has 0 amide bonds. The van der Waals surface area contributed by atoms with Gasteiger partial charge in [-0.3, -0.25) is 10.1 Å². The molecule has 1 aromatic carbocycles. The van der Waals surface area contributed by atoms with Crippen LogP contribution < -0.4 is 0 Å². The number of nitrogens with zero attached hydrogens (tertiary/aromatic N) is 2. The Hall–Kier alpha value is -1.66. The minimum atomic E-state index is -0.330. The van der Waals surface area contributed by atoms with Gasteiger partial charge in [0.25, 0.3) is 5.69 Å². The first-order chi connectivity index (χ1) is 9.15. The van der Waals surface area contributed by atoms with Crippen LogP contribution in [0.2, 0.25) is 0 Å². The molecule has 96 valence electrons. The van der Waals surface area contributed by atoms with E-state index < -0.39 is 0 Å². The third-order valence-corrected chi connectivity index (χ3v) is 4.53. The first kappa shape index (κ1) is 12.4. The van der Waals surface area contributed by atoms with E-state index in [0.717, 1.165) is 14.0 Å². The SMILES string of the molecule is O=[N+]([O-])c1cccc2ccn(Cc3ccc(Br)s3)c12. The maximum atomic E-state index is 11.1. The number of thiophene rings is 1. The molecule has 4 nitrogen and oxygen atoms in total. The highest BCUT2D eigenvalue weighted by Crippen LogP contribution is 2.29. The maximum absolute atomic E-state index is 11.1. The van der Waals surface area contributed by atoms with Crippen molar-refractivity contribution in [3.05, 3.63) is 61.4 Å². The summed E-state index contributed by atoms with van der Waals surface area (Å²) in [6.45, 7) is 0.643. The molecule has 3 rings (SSSR count). The lowest BCUT2D eigenvalue weighted by Crippen LogP contribution is -1.98. The van der Waals surface area contributed by atoms with Crippen LogP contribution in [-0.2, 0) is 6.54 Å². The lowest BCUT2D eigenvalue weighted by atomic mass is 10.2. The highest BCUT2D eigenvalue weighted by atomic mass is 79.9. The summed E-state index contributed by atoms with van der Waals surface area (Å²) in [5, 5.41) is 12.0. The van der Waals surface area contributed by atoms with Crippen molar-refractivity contribution >= 4 is 43.9 Å². The summed E-state index contributed by atoms with van der Waals surface area (Å²) in [5.41, 5.74) is 0.829. The van der Waals surface area contributed by atoms with E-state index in [0.29, 0.717) is 12.1 Å². The van der Waals surface area contributed by atoms with Gasteiger partial charge in [-0.05, 0) is 34.1 Å². The van der Waals surface area contributed by atoms with E-state index in [9.17, 15) is 10.1 Å². The quantitative estimate of drug-likeness (QED) is 0.525. The third-order valence-electron chi connectivity index (χ3n) is 2.92. The number of hydrogen-bond acceptors (Lipinski definition) is 3. The van der Waals surface area contributed by atoms with E-state index in [1.165, 1.54) is 0 Å². The number of nitro benzene ring substituents is 1. The summed E-state index contributed by atoms with van der Waals surface area (Å²) in [5.74, 6) is 0. The van der Waals surface area contributed by atoms with Gasteiger partial charge in [-0.1, -0.05) is 12.1 Å². The molecule has 0 saturated carbocycles. The molecule has 0 aliphatic heterocycles. The van der Waals surface area contributed by atoms with Crippen molar-refractivity contribution in [1.29, 1.82) is 0 Å². The molecular formula is C13H9BrN2O2S. The summed E-state index contributed by atoms with van der Waals surface area (Å²) in [7, 11) is 0. The molecule has 0 aliphatic rings. The smallest absolute Gasteiger partial charge is 0.293 e.